The number of rotatable bonds is 10. The van der Waals surface area contributed by atoms with Gasteiger partial charge in [-0.15, -0.1) is 0 Å². The summed E-state index contributed by atoms with van der Waals surface area (Å²) < 4.78 is 4.84. The zero-order chi connectivity index (χ0) is 15.5. The number of carbonyl (C=O) groups is 1. The Kier molecular flexibility index (Phi) is 9.19. The molecule has 1 aromatic rings. The summed E-state index contributed by atoms with van der Waals surface area (Å²) in [6.45, 7) is 5.09. The largest absolute Gasteiger partial charge is 0.468 e. The molecule has 0 aromatic heterocycles. The Balaban J connectivity index is 2.15. The van der Waals surface area contributed by atoms with Gasteiger partial charge in [-0.3, -0.25) is 4.79 Å². The second-order valence-electron chi connectivity index (χ2n) is 5.55. The quantitative estimate of drug-likeness (QED) is 0.530. The zero-order valence-electron chi connectivity index (χ0n) is 13.3. The minimum absolute atomic E-state index is 0.152. The highest BCUT2D eigenvalue weighted by atomic mass is 32.2. The molecule has 0 spiro atoms. The predicted molar refractivity (Wildman–Crippen MR) is 90.5 cm³/mol. The predicted octanol–water partition coefficient (Wildman–Crippen LogP) is 3.49. The first-order chi connectivity index (χ1) is 10.1. The van der Waals surface area contributed by atoms with E-state index in [2.05, 4.69) is 43.4 Å². The van der Waals surface area contributed by atoms with E-state index in [1.54, 1.807) is 0 Å². The molecule has 118 valence electrons. The fourth-order valence-electron chi connectivity index (χ4n) is 2.09. The summed E-state index contributed by atoms with van der Waals surface area (Å²) in [5.74, 6) is 2.47. The van der Waals surface area contributed by atoms with Gasteiger partial charge in [-0.2, -0.15) is 11.8 Å². The van der Waals surface area contributed by atoms with E-state index < -0.39 is 0 Å². The molecular weight excluding hydrogens is 282 g/mol. The van der Waals surface area contributed by atoms with E-state index in [-0.39, 0.29) is 12.0 Å². The molecule has 0 bridgehead atoms. The van der Waals surface area contributed by atoms with Gasteiger partial charge in [0, 0.05) is 5.75 Å². The summed E-state index contributed by atoms with van der Waals surface area (Å²) in [4.78, 5) is 11.7. The van der Waals surface area contributed by atoms with E-state index in [0.29, 0.717) is 5.92 Å². The first-order valence-electron chi connectivity index (χ1n) is 7.56. The zero-order valence-corrected chi connectivity index (χ0v) is 14.1. The molecule has 0 unspecified atom stereocenters. The highest BCUT2D eigenvalue weighted by Crippen LogP contribution is 2.12. The average molecular weight is 309 g/mol. The monoisotopic (exact) mass is 309 g/mol. The first kappa shape index (κ1) is 18.1. The van der Waals surface area contributed by atoms with Gasteiger partial charge in [0.25, 0.3) is 0 Å². The van der Waals surface area contributed by atoms with E-state index >= 15 is 0 Å². The van der Waals surface area contributed by atoms with Crippen LogP contribution in [0.25, 0.3) is 0 Å². The van der Waals surface area contributed by atoms with E-state index in [1.807, 2.05) is 17.8 Å². The molecule has 0 aliphatic rings. The third-order valence-corrected chi connectivity index (χ3v) is 4.28. The van der Waals surface area contributed by atoms with E-state index in [0.717, 1.165) is 30.9 Å². The van der Waals surface area contributed by atoms with Crippen molar-refractivity contribution in [3.05, 3.63) is 35.9 Å². The lowest BCUT2D eigenvalue weighted by atomic mass is 10.0. The maximum Gasteiger partial charge on any atom is 0.322 e. The molecule has 0 aliphatic heterocycles. The topological polar surface area (TPSA) is 38.3 Å². The summed E-state index contributed by atoms with van der Waals surface area (Å²) in [7, 11) is 1.45. The first-order valence-corrected chi connectivity index (χ1v) is 8.71. The minimum Gasteiger partial charge on any atom is -0.468 e. The van der Waals surface area contributed by atoms with Crippen molar-refractivity contribution < 1.29 is 9.53 Å². The molecule has 0 saturated carbocycles. The Morgan fingerprint density at radius 1 is 1.29 bits per heavy atom. The van der Waals surface area contributed by atoms with Crippen LogP contribution in [0.1, 0.15) is 32.3 Å². The van der Waals surface area contributed by atoms with Crippen molar-refractivity contribution in [1.82, 2.24) is 5.32 Å². The van der Waals surface area contributed by atoms with Gasteiger partial charge in [0.2, 0.25) is 0 Å². The number of ether oxygens (including phenoxy) is 1. The lowest BCUT2D eigenvalue weighted by molar-refractivity contribution is -0.143. The van der Waals surface area contributed by atoms with Gasteiger partial charge in [0.15, 0.2) is 0 Å². The Morgan fingerprint density at radius 3 is 2.62 bits per heavy atom. The van der Waals surface area contributed by atoms with Crippen LogP contribution in [0, 0.1) is 5.92 Å². The van der Waals surface area contributed by atoms with Crippen LogP contribution in [-0.4, -0.2) is 31.4 Å². The molecule has 4 heteroatoms. The van der Waals surface area contributed by atoms with Gasteiger partial charge in [0.1, 0.15) is 6.04 Å². The van der Waals surface area contributed by atoms with Crippen LogP contribution in [0.15, 0.2) is 30.3 Å². The van der Waals surface area contributed by atoms with Gasteiger partial charge in [-0.25, -0.2) is 0 Å². The molecular formula is C17H27NO2S. The van der Waals surface area contributed by atoms with Crippen LogP contribution in [-0.2, 0) is 15.3 Å². The van der Waals surface area contributed by atoms with Crippen molar-refractivity contribution in [2.24, 2.45) is 5.92 Å². The SMILES string of the molecule is COC(=O)[C@H](CC(C)C)NCCCSCc1ccccc1. The molecule has 3 nitrogen and oxygen atoms in total. The van der Waals surface area contributed by atoms with Crippen LogP contribution in [0.4, 0.5) is 0 Å². The second-order valence-corrected chi connectivity index (χ2v) is 6.66. The number of methoxy groups -OCH3 is 1. The Bertz CT molecular complexity index is 395. The third kappa shape index (κ3) is 8.12. The number of hydrogen-bond donors (Lipinski definition) is 1. The number of hydrogen-bond acceptors (Lipinski definition) is 4. The molecule has 0 heterocycles. The van der Waals surface area contributed by atoms with Crippen LogP contribution >= 0.6 is 11.8 Å². The summed E-state index contributed by atoms with van der Waals surface area (Å²) >= 11 is 1.93. The third-order valence-electron chi connectivity index (χ3n) is 3.16. The lowest BCUT2D eigenvalue weighted by Gasteiger charge is -2.18. The van der Waals surface area contributed by atoms with E-state index in [1.165, 1.54) is 12.7 Å². The smallest absolute Gasteiger partial charge is 0.322 e. The fraction of sp³-hybridized carbons (Fsp3) is 0.588. The van der Waals surface area contributed by atoms with Gasteiger partial charge < -0.3 is 10.1 Å². The van der Waals surface area contributed by atoms with Gasteiger partial charge >= 0.3 is 5.97 Å². The van der Waals surface area contributed by atoms with Gasteiger partial charge in [0.05, 0.1) is 7.11 Å². The number of thioether (sulfide) groups is 1. The molecule has 0 fully saturated rings. The highest BCUT2D eigenvalue weighted by Gasteiger charge is 2.19. The number of esters is 1. The molecule has 1 N–H and O–H groups in total. The highest BCUT2D eigenvalue weighted by molar-refractivity contribution is 7.98. The Hall–Kier alpha value is -1.00. The average Bonchev–Trinajstić information content (AvgIpc) is 2.49. The lowest BCUT2D eigenvalue weighted by Crippen LogP contribution is -2.39. The molecule has 1 aromatic carbocycles. The normalized spacial score (nSPS) is 12.4. The maximum atomic E-state index is 11.7. The number of nitrogens with one attached hydrogen (secondary N) is 1. The van der Waals surface area contributed by atoms with E-state index in [4.69, 9.17) is 4.74 Å². The van der Waals surface area contributed by atoms with Crippen molar-refractivity contribution in [3.8, 4) is 0 Å². The van der Waals surface area contributed by atoms with Crippen molar-refractivity contribution >= 4 is 17.7 Å². The molecule has 1 rings (SSSR count). The molecule has 0 amide bonds. The fourth-order valence-corrected chi connectivity index (χ4v) is 3.01. The van der Waals surface area contributed by atoms with Gasteiger partial charge in [-0.1, -0.05) is 44.2 Å². The van der Waals surface area contributed by atoms with Crippen molar-refractivity contribution in [3.63, 3.8) is 0 Å². The van der Waals surface area contributed by atoms with E-state index in [9.17, 15) is 4.79 Å². The summed E-state index contributed by atoms with van der Waals surface area (Å²) in [6, 6.07) is 10.3. The number of benzene rings is 1. The Morgan fingerprint density at radius 2 is 2.00 bits per heavy atom. The van der Waals surface area contributed by atoms with Crippen molar-refractivity contribution in [2.45, 2.75) is 38.5 Å². The second kappa shape index (κ2) is 10.7. The van der Waals surface area contributed by atoms with Crippen molar-refractivity contribution in [2.75, 3.05) is 19.4 Å². The molecule has 0 radical (unpaired) electrons. The maximum absolute atomic E-state index is 11.7. The minimum atomic E-state index is -0.172. The van der Waals surface area contributed by atoms with Crippen LogP contribution < -0.4 is 5.32 Å². The summed E-state index contributed by atoms with van der Waals surface area (Å²) in [5, 5.41) is 3.31. The Labute approximate surface area is 132 Å². The molecule has 0 aliphatic carbocycles. The van der Waals surface area contributed by atoms with Crippen LogP contribution in [0.5, 0.6) is 0 Å². The van der Waals surface area contributed by atoms with Crippen LogP contribution in [0.2, 0.25) is 0 Å². The van der Waals surface area contributed by atoms with Gasteiger partial charge in [-0.05, 0) is 36.6 Å². The molecule has 1 atom stereocenters. The van der Waals surface area contributed by atoms with Crippen molar-refractivity contribution in [1.29, 1.82) is 0 Å². The molecule has 0 saturated heterocycles. The number of carbonyl (C=O) groups excluding carboxylic acids is 1. The summed E-state index contributed by atoms with van der Waals surface area (Å²) in [5.41, 5.74) is 1.36. The van der Waals surface area contributed by atoms with Crippen LogP contribution in [0.3, 0.4) is 0 Å². The summed E-state index contributed by atoms with van der Waals surface area (Å²) in [6.07, 6.45) is 1.88. The standard InChI is InChI=1S/C17H27NO2S/c1-14(2)12-16(17(19)20-3)18-10-7-11-21-13-15-8-5-4-6-9-15/h4-6,8-9,14,16,18H,7,10-13H2,1-3H3/t16-/m0/s1. The molecule has 21 heavy (non-hydrogen) atoms.